The molecule has 0 spiro atoms. The largest absolute Gasteiger partial charge is 0.495 e. The van der Waals surface area contributed by atoms with E-state index in [4.69, 9.17) is 9.31 Å². The minimum absolute atomic E-state index is 0.418. The summed E-state index contributed by atoms with van der Waals surface area (Å²) in [5.74, 6) is 0. The normalized spacial score (nSPS) is 22.4. The second-order valence-electron chi connectivity index (χ2n) is 8.39. The van der Waals surface area contributed by atoms with Crippen LogP contribution in [-0.4, -0.2) is 22.1 Å². The summed E-state index contributed by atoms with van der Waals surface area (Å²) >= 11 is 4.68. The van der Waals surface area contributed by atoms with Gasteiger partial charge in [0.15, 0.2) is 0 Å². The molecule has 1 aliphatic heterocycles. The Morgan fingerprint density at radius 3 is 2.21 bits per heavy atom. The Labute approximate surface area is 169 Å². The monoisotopic (exact) mass is 385 g/mol. The summed E-state index contributed by atoms with van der Waals surface area (Å²) in [7, 11) is -0.418. The molecule has 0 saturated carbocycles. The number of thiol groups is 1. The molecule has 5 aromatic rings. The SMILES string of the molecule is CC1(C)OB(c2ccc3c(c2)c2cccc4c5ccccc5n3c42)OC1(C)S. The van der Waals surface area contributed by atoms with Crippen LogP contribution >= 0.6 is 12.6 Å². The van der Waals surface area contributed by atoms with Gasteiger partial charge < -0.3 is 13.7 Å². The molecular weight excluding hydrogens is 365 g/mol. The summed E-state index contributed by atoms with van der Waals surface area (Å²) < 4.78 is 14.7. The van der Waals surface area contributed by atoms with Crippen molar-refractivity contribution in [2.75, 3.05) is 0 Å². The fraction of sp³-hybridized carbons (Fsp3) is 0.217. The quantitative estimate of drug-likeness (QED) is 0.324. The number of rotatable bonds is 1. The molecule has 0 N–H and O–H groups in total. The molecule has 0 amide bonds. The Hall–Kier alpha value is -2.21. The van der Waals surface area contributed by atoms with Gasteiger partial charge in [0.25, 0.3) is 0 Å². The predicted octanol–water partition coefficient (Wildman–Crippen LogP) is 5.00. The lowest BCUT2D eigenvalue weighted by Crippen LogP contribution is -2.39. The summed E-state index contributed by atoms with van der Waals surface area (Å²) in [5, 5.41) is 5.07. The molecule has 1 saturated heterocycles. The van der Waals surface area contributed by atoms with Crippen molar-refractivity contribution < 1.29 is 9.31 Å². The third-order valence-electron chi connectivity index (χ3n) is 6.37. The predicted molar refractivity (Wildman–Crippen MR) is 120 cm³/mol. The lowest BCUT2D eigenvalue weighted by Gasteiger charge is -2.31. The van der Waals surface area contributed by atoms with Crippen molar-refractivity contribution in [2.45, 2.75) is 31.3 Å². The van der Waals surface area contributed by atoms with Gasteiger partial charge in [0.05, 0.1) is 22.2 Å². The summed E-state index contributed by atoms with van der Waals surface area (Å²) in [6, 6.07) is 21.7. The highest BCUT2D eigenvalue weighted by molar-refractivity contribution is 7.81. The molecule has 1 atom stereocenters. The molecule has 28 heavy (non-hydrogen) atoms. The summed E-state index contributed by atoms with van der Waals surface area (Å²) in [6.45, 7) is 6.00. The van der Waals surface area contributed by atoms with E-state index < -0.39 is 17.7 Å². The van der Waals surface area contributed by atoms with Crippen LogP contribution in [0.2, 0.25) is 0 Å². The Balaban J connectivity index is 1.63. The molecule has 1 fully saturated rings. The highest BCUT2D eigenvalue weighted by Gasteiger charge is 2.52. The molecule has 0 radical (unpaired) electrons. The van der Waals surface area contributed by atoms with Crippen molar-refractivity contribution in [3.05, 3.63) is 60.7 Å². The lowest BCUT2D eigenvalue weighted by atomic mass is 9.78. The summed E-state index contributed by atoms with van der Waals surface area (Å²) in [6.07, 6.45) is 0. The molecular formula is C23H20BNO2S. The lowest BCUT2D eigenvalue weighted by molar-refractivity contribution is 0.0619. The first-order valence-electron chi connectivity index (χ1n) is 9.62. The summed E-state index contributed by atoms with van der Waals surface area (Å²) in [5.41, 5.74) is 4.29. The van der Waals surface area contributed by atoms with E-state index in [1.54, 1.807) is 0 Å². The van der Waals surface area contributed by atoms with E-state index in [1.165, 1.54) is 38.1 Å². The van der Waals surface area contributed by atoms with Gasteiger partial charge in [-0.2, -0.15) is 0 Å². The number of benzene rings is 3. The zero-order valence-corrected chi connectivity index (χ0v) is 17.0. The van der Waals surface area contributed by atoms with Gasteiger partial charge in [-0.25, -0.2) is 0 Å². The first kappa shape index (κ1) is 16.7. The van der Waals surface area contributed by atoms with E-state index in [0.29, 0.717) is 0 Å². The Morgan fingerprint density at radius 2 is 1.46 bits per heavy atom. The van der Waals surface area contributed by atoms with Crippen molar-refractivity contribution in [1.82, 2.24) is 4.40 Å². The maximum absolute atomic E-state index is 6.21. The molecule has 6 rings (SSSR count). The van der Waals surface area contributed by atoms with Crippen molar-refractivity contribution in [3.63, 3.8) is 0 Å². The third kappa shape index (κ3) is 1.99. The fourth-order valence-corrected chi connectivity index (χ4v) is 4.63. The van der Waals surface area contributed by atoms with E-state index in [0.717, 1.165) is 5.46 Å². The number of fused-ring (bicyclic) bond motifs is 6. The maximum atomic E-state index is 6.21. The van der Waals surface area contributed by atoms with E-state index in [-0.39, 0.29) is 0 Å². The average Bonchev–Trinajstić information content (AvgIpc) is 3.25. The first-order chi connectivity index (χ1) is 13.4. The second-order valence-corrected chi connectivity index (χ2v) is 9.25. The molecule has 1 aliphatic rings. The Morgan fingerprint density at radius 1 is 0.786 bits per heavy atom. The smallest absolute Gasteiger partial charge is 0.398 e. The number of nitrogens with zero attached hydrogens (tertiary/aromatic N) is 1. The molecule has 3 nitrogen and oxygen atoms in total. The molecule has 3 aromatic carbocycles. The van der Waals surface area contributed by atoms with Crippen molar-refractivity contribution in [2.24, 2.45) is 0 Å². The molecule has 0 aliphatic carbocycles. The van der Waals surface area contributed by atoms with Gasteiger partial charge in [-0.3, -0.25) is 0 Å². The molecule has 3 heterocycles. The number of hydrogen-bond donors (Lipinski definition) is 1. The number of para-hydroxylation sites is 2. The van der Waals surface area contributed by atoms with Crippen molar-refractivity contribution in [1.29, 1.82) is 0 Å². The molecule has 1 unspecified atom stereocenters. The van der Waals surface area contributed by atoms with Crippen molar-refractivity contribution >= 4 is 63.3 Å². The van der Waals surface area contributed by atoms with E-state index >= 15 is 0 Å². The van der Waals surface area contributed by atoms with E-state index in [2.05, 4.69) is 77.7 Å². The van der Waals surface area contributed by atoms with Crippen LogP contribution in [0.5, 0.6) is 0 Å². The van der Waals surface area contributed by atoms with Gasteiger partial charge in [0, 0.05) is 21.5 Å². The zero-order chi connectivity index (χ0) is 19.3. The molecule has 138 valence electrons. The third-order valence-corrected chi connectivity index (χ3v) is 7.02. The van der Waals surface area contributed by atoms with Crippen LogP contribution in [0.1, 0.15) is 20.8 Å². The first-order valence-corrected chi connectivity index (χ1v) is 10.1. The second kappa shape index (κ2) is 5.23. The highest BCUT2D eigenvalue weighted by Crippen LogP contribution is 2.41. The van der Waals surface area contributed by atoms with Gasteiger partial charge in [-0.05, 0) is 38.4 Å². The standard InChI is InChI=1S/C23H20BNO2S/c1-22(2)23(3,28)27-24(26-22)14-11-12-20-18(13-14)17-9-6-8-16-15-7-4-5-10-19(15)25(20)21(16)17/h4-13,28H,1-3H3. The molecule has 2 aromatic heterocycles. The zero-order valence-electron chi connectivity index (χ0n) is 16.1. The van der Waals surface area contributed by atoms with Crippen LogP contribution in [0.25, 0.3) is 38.1 Å². The van der Waals surface area contributed by atoms with Gasteiger partial charge >= 0.3 is 7.12 Å². The highest BCUT2D eigenvalue weighted by atomic mass is 32.1. The topological polar surface area (TPSA) is 22.9 Å². The van der Waals surface area contributed by atoms with Crippen LogP contribution in [0.15, 0.2) is 60.7 Å². The minimum atomic E-state index is -0.641. The van der Waals surface area contributed by atoms with Gasteiger partial charge in [0.2, 0.25) is 0 Å². The molecule has 5 heteroatoms. The van der Waals surface area contributed by atoms with Crippen LogP contribution in [-0.2, 0) is 9.31 Å². The Bertz CT molecular complexity index is 1370. The minimum Gasteiger partial charge on any atom is -0.398 e. The Kier molecular flexibility index (Phi) is 3.13. The van der Waals surface area contributed by atoms with Gasteiger partial charge in [-0.15, -0.1) is 12.6 Å². The van der Waals surface area contributed by atoms with E-state index in [1.807, 2.05) is 20.8 Å². The average molecular weight is 385 g/mol. The fourth-order valence-electron chi connectivity index (χ4n) is 4.48. The van der Waals surface area contributed by atoms with Crippen LogP contribution in [0.3, 0.4) is 0 Å². The van der Waals surface area contributed by atoms with Gasteiger partial charge in [-0.1, -0.05) is 48.5 Å². The number of hydrogen-bond acceptors (Lipinski definition) is 3. The van der Waals surface area contributed by atoms with Crippen LogP contribution in [0.4, 0.5) is 0 Å². The van der Waals surface area contributed by atoms with Gasteiger partial charge in [0.1, 0.15) is 4.93 Å². The van der Waals surface area contributed by atoms with Crippen LogP contribution < -0.4 is 5.46 Å². The molecule has 0 bridgehead atoms. The van der Waals surface area contributed by atoms with Crippen LogP contribution in [0, 0.1) is 0 Å². The van der Waals surface area contributed by atoms with E-state index in [9.17, 15) is 0 Å². The number of aromatic nitrogens is 1. The maximum Gasteiger partial charge on any atom is 0.495 e. The summed E-state index contributed by atoms with van der Waals surface area (Å²) in [4.78, 5) is -0.641. The van der Waals surface area contributed by atoms with Crippen molar-refractivity contribution in [3.8, 4) is 0 Å².